The fraction of sp³-hybridized carbons (Fsp3) is 0.0645. The zero-order chi connectivity index (χ0) is 29.4. The van der Waals surface area contributed by atoms with E-state index in [2.05, 4.69) is 51.9 Å². The second-order valence-corrected chi connectivity index (χ2v) is 9.25. The summed E-state index contributed by atoms with van der Waals surface area (Å²) >= 11 is 0. The van der Waals surface area contributed by atoms with Crippen LogP contribution in [0.15, 0.2) is 86.2 Å². The third kappa shape index (κ3) is 4.36. The highest BCUT2D eigenvalue weighted by Gasteiger charge is 2.22. The first-order chi connectivity index (χ1) is 20.4. The molecular formula is C31H15N11. The van der Waals surface area contributed by atoms with Gasteiger partial charge in [-0.05, 0) is 55.3 Å². The van der Waals surface area contributed by atoms with Crippen LogP contribution in [0.5, 0.6) is 0 Å². The van der Waals surface area contributed by atoms with Gasteiger partial charge in [-0.1, -0.05) is 24.3 Å². The molecule has 194 valence electrons. The van der Waals surface area contributed by atoms with Gasteiger partial charge in [0, 0.05) is 11.1 Å². The van der Waals surface area contributed by atoms with Gasteiger partial charge in [0.25, 0.3) is 0 Å². The van der Waals surface area contributed by atoms with Crippen molar-refractivity contribution < 1.29 is 0 Å². The van der Waals surface area contributed by atoms with Crippen LogP contribution in [0.2, 0.25) is 0 Å². The van der Waals surface area contributed by atoms with Crippen LogP contribution < -0.4 is 21.4 Å². The predicted molar refractivity (Wildman–Crippen MR) is 148 cm³/mol. The standard InChI is InChI=1S/C31H15N11/c1-16-6-4-8-23-25(16)38-28(36-23)21(14-33)30-40-27(19-10-18(13-32)11-20(12-19)35-3)41-31(42-30)22(15-34)29-37-24-9-5-7-17(2)26(24)39-29/h4-12H,1-2H3/b28-21+,29-22+. The largest absolute Gasteiger partial charge is 0.238 e. The van der Waals surface area contributed by atoms with Crippen molar-refractivity contribution in [3.8, 4) is 29.6 Å². The van der Waals surface area contributed by atoms with E-state index in [1.165, 1.54) is 18.2 Å². The van der Waals surface area contributed by atoms with Crippen LogP contribution in [-0.4, -0.2) is 15.0 Å². The smallest absolute Gasteiger partial charge is 0.189 e. The fourth-order valence-electron chi connectivity index (χ4n) is 4.47. The quantitative estimate of drug-likeness (QED) is 0.286. The lowest BCUT2D eigenvalue weighted by Gasteiger charge is -2.08. The second kappa shape index (κ2) is 10.1. The molecule has 1 aromatic heterocycles. The molecule has 42 heavy (non-hydrogen) atoms. The Morgan fingerprint density at radius 1 is 0.714 bits per heavy atom. The first-order valence-electron chi connectivity index (χ1n) is 12.5. The van der Waals surface area contributed by atoms with Crippen LogP contribution in [-0.2, 0) is 0 Å². The van der Waals surface area contributed by atoms with Crippen molar-refractivity contribution in [1.82, 2.24) is 15.0 Å². The summed E-state index contributed by atoms with van der Waals surface area (Å²) in [5.41, 5.74) is 2.43. The minimum atomic E-state index is -0.0859. The number of hydrogen-bond donors (Lipinski definition) is 0. The van der Waals surface area contributed by atoms with Crippen LogP contribution in [0.25, 0.3) is 27.4 Å². The van der Waals surface area contributed by atoms with Crippen LogP contribution in [0, 0.1) is 54.4 Å². The Balaban J connectivity index is 1.65. The topological polar surface area (TPSA) is 164 Å². The lowest BCUT2D eigenvalue weighted by atomic mass is 10.1. The minimum Gasteiger partial charge on any atom is -0.238 e. The van der Waals surface area contributed by atoms with E-state index in [-0.39, 0.29) is 51.5 Å². The molecule has 0 fully saturated rings. The summed E-state index contributed by atoms with van der Waals surface area (Å²) < 4.78 is 0. The summed E-state index contributed by atoms with van der Waals surface area (Å²) in [5, 5.41) is 32.5. The molecule has 4 aromatic rings. The first-order valence-corrected chi connectivity index (χ1v) is 12.5. The van der Waals surface area contributed by atoms with Crippen molar-refractivity contribution in [2.45, 2.75) is 13.8 Å². The first kappa shape index (κ1) is 25.6. The molecule has 0 saturated heterocycles. The predicted octanol–water partition coefficient (Wildman–Crippen LogP) is 2.87. The number of fused-ring (bicyclic) bond motifs is 2. The summed E-state index contributed by atoms with van der Waals surface area (Å²) in [7, 11) is 0. The molecule has 0 atom stereocenters. The molecule has 2 aliphatic rings. The maximum absolute atomic E-state index is 10.2. The molecule has 0 saturated carbocycles. The molecule has 0 bridgehead atoms. The molecule has 0 amide bonds. The van der Waals surface area contributed by atoms with Crippen molar-refractivity contribution >= 4 is 16.8 Å². The van der Waals surface area contributed by atoms with Crippen molar-refractivity contribution in [3.63, 3.8) is 0 Å². The highest BCUT2D eigenvalue weighted by Crippen LogP contribution is 2.28. The lowest BCUT2D eigenvalue weighted by Crippen LogP contribution is -2.23. The fourth-order valence-corrected chi connectivity index (χ4v) is 4.47. The van der Waals surface area contributed by atoms with Crippen molar-refractivity contribution in [2.24, 2.45) is 20.0 Å². The molecule has 3 heterocycles. The summed E-state index contributed by atoms with van der Waals surface area (Å²) in [6.07, 6.45) is 0. The van der Waals surface area contributed by atoms with Gasteiger partial charge in [0.1, 0.15) is 23.3 Å². The Bertz CT molecular complexity index is 2210. The van der Waals surface area contributed by atoms with Gasteiger partial charge in [0.05, 0.1) is 34.1 Å². The summed E-state index contributed by atoms with van der Waals surface area (Å²) in [6.45, 7) is 11.2. The van der Waals surface area contributed by atoms with E-state index in [1.54, 1.807) is 12.1 Å². The number of aryl methyl sites for hydroxylation is 2. The molecule has 6 rings (SSSR count). The van der Waals surface area contributed by atoms with Gasteiger partial charge in [-0.25, -0.2) is 39.8 Å². The zero-order valence-corrected chi connectivity index (χ0v) is 22.1. The number of nitriles is 3. The van der Waals surface area contributed by atoms with Crippen molar-refractivity contribution in [2.75, 3.05) is 0 Å². The molecule has 3 aromatic carbocycles. The van der Waals surface area contributed by atoms with Crippen molar-refractivity contribution in [3.05, 3.63) is 127 Å². The lowest BCUT2D eigenvalue weighted by molar-refractivity contribution is 0.992. The Kier molecular flexibility index (Phi) is 6.17. The van der Waals surface area contributed by atoms with Crippen LogP contribution in [0.3, 0.4) is 0 Å². The average Bonchev–Trinajstić information content (AvgIpc) is 3.64. The molecule has 0 spiro atoms. The molecule has 2 aliphatic heterocycles. The maximum Gasteiger partial charge on any atom is 0.189 e. The SMILES string of the molecule is [C-]#[N+]c1cc(C#N)cc(-c2nc(/C(C#N)=C3\N=c4cccc(C)c4=N3)nc(/C(C#N)=C3\N=c4cccc(C)c4=N3)n2)c1. The number of benzene rings is 3. The number of rotatable bonds is 3. The molecule has 0 N–H and O–H groups in total. The maximum atomic E-state index is 10.2. The third-order valence-corrected chi connectivity index (χ3v) is 6.51. The number of nitrogens with zero attached hydrogens (tertiary/aromatic N) is 11. The Labute approximate surface area is 238 Å². The monoisotopic (exact) mass is 541 g/mol. The van der Waals surface area contributed by atoms with Gasteiger partial charge in [0.2, 0.25) is 0 Å². The van der Waals surface area contributed by atoms with Crippen LogP contribution in [0.1, 0.15) is 28.3 Å². The number of hydrogen-bond acceptors (Lipinski definition) is 10. The summed E-state index contributed by atoms with van der Waals surface area (Å²) in [4.78, 5) is 35.1. The normalized spacial score (nSPS) is 14.7. The van der Waals surface area contributed by atoms with Gasteiger partial charge in [-0.15, -0.1) is 0 Å². The second-order valence-electron chi connectivity index (χ2n) is 9.25. The van der Waals surface area contributed by atoms with Crippen LogP contribution in [0.4, 0.5) is 5.69 Å². The summed E-state index contributed by atoms with van der Waals surface area (Å²) in [6, 6.07) is 21.8. The van der Waals surface area contributed by atoms with E-state index < -0.39 is 0 Å². The van der Waals surface area contributed by atoms with E-state index in [9.17, 15) is 15.8 Å². The van der Waals surface area contributed by atoms with E-state index in [1.807, 2.05) is 44.2 Å². The number of allylic oxidation sites excluding steroid dienone is 2. The molecular weight excluding hydrogens is 526 g/mol. The van der Waals surface area contributed by atoms with E-state index >= 15 is 0 Å². The van der Waals surface area contributed by atoms with Gasteiger partial charge >= 0.3 is 0 Å². The highest BCUT2D eigenvalue weighted by molar-refractivity contribution is 5.80. The minimum absolute atomic E-state index is 0.0390. The average molecular weight is 542 g/mol. The Hall–Kier alpha value is -6.69. The van der Waals surface area contributed by atoms with Gasteiger partial charge in [-0.2, -0.15) is 15.8 Å². The molecule has 11 nitrogen and oxygen atoms in total. The van der Waals surface area contributed by atoms with Gasteiger partial charge < -0.3 is 0 Å². The van der Waals surface area contributed by atoms with Crippen LogP contribution >= 0.6 is 0 Å². The van der Waals surface area contributed by atoms with Crippen molar-refractivity contribution in [1.29, 1.82) is 15.8 Å². The highest BCUT2D eigenvalue weighted by atomic mass is 15.1. The van der Waals surface area contributed by atoms with E-state index in [0.717, 1.165) is 11.1 Å². The van der Waals surface area contributed by atoms with E-state index in [4.69, 9.17) is 6.57 Å². The van der Waals surface area contributed by atoms with Gasteiger partial charge in [0.15, 0.2) is 34.8 Å². The Morgan fingerprint density at radius 3 is 1.71 bits per heavy atom. The molecule has 0 radical (unpaired) electrons. The molecule has 0 aliphatic carbocycles. The van der Waals surface area contributed by atoms with Gasteiger partial charge in [-0.3, -0.25) is 0 Å². The molecule has 0 unspecified atom stereocenters. The zero-order valence-electron chi connectivity index (χ0n) is 22.1. The number of aromatic nitrogens is 3. The summed E-state index contributed by atoms with van der Waals surface area (Å²) in [5.74, 6) is 0.0930. The number of para-hydroxylation sites is 2. The Morgan fingerprint density at radius 2 is 1.26 bits per heavy atom. The van der Waals surface area contributed by atoms with E-state index in [0.29, 0.717) is 27.0 Å². The third-order valence-electron chi connectivity index (χ3n) is 6.51. The molecule has 11 heteroatoms.